The summed E-state index contributed by atoms with van der Waals surface area (Å²) in [5, 5.41) is 5.14. The molecule has 2 aromatic carbocycles. The quantitative estimate of drug-likeness (QED) is 0.576. The van der Waals surface area contributed by atoms with Gasteiger partial charge in [0.15, 0.2) is 0 Å². The summed E-state index contributed by atoms with van der Waals surface area (Å²) in [4.78, 5) is 12.5. The van der Waals surface area contributed by atoms with Gasteiger partial charge >= 0.3 is 0 Å². The Morgan fingerprint density at radius 1 is 1.03 bits per heavy atom. The van der Waals surface area contributed by atoms with E-state index in [1.54, 1.807) is 43.3 Å². The molecule has 1 amide bonds. The number of quaternary nitrogens is 1. The topological polar surface area (TPSA) is 91.9 Å². The highest BCUT2D eigenvalue weighted by Gasteiger charge is 2.17. The van der Waals surface area contributed by atoms with Gasteiger partial charge in [-0.3, -0.25) is 9.52 Å². The Morgan fingerprint density at radius 2 is 1.69 bits per heavy atom. The molecule has 6 nitrogen and oxygen atoms in total. The number of anilines is 1. The van der Waals surface area contributed by atoms with Crippen LogP contribution in [-0.2, 0) is 10.0 Å². The van der Waals surface area contributed by atoms with Crippen LogP contribution in [0.1, 0.15) is 48.7 Å². The van der Waals surface area contributed by atoms with E-state index in [0.717, 1.165) is 18.5 Å². The number of carbonyl (C=O) groups excluding carboxylic acids is 1. The highest BCUT2D eigenvalue weighted by Crippen LogP contribution is 2.21. The van der Waals surface area contributed by atoms with Crippen LogP contribution in [0.5, 0.6) is 0 Å². The summed E-state index contributed by atoms with van der Waals surface area (Å²) in [5.41, 5.74) is 2.66. The van der Waals surface area contributed by atoms with E-state index in [4.69, 9.17) is 0 Å². The largest absolute Gasteiger partial charge is 0.352 e. The molecule has 0 saturated heterocycles. The number of hydrogen-bond donors (Lipinski definition) is 3. The van der Waals surface area contributed by atoms with Crippen LogP contribution >= 0.6 is 0 Å². The molecule has 7 heteroatoms. The summed E-state index contributed by atoms with van der Waals surface area (Å²) < 4.78 is 27.9. The molecule has 0 radical (unpaired) electrons. The molecule has 2 aromatic rings. The summed E-state index contributed by atoms with van der Waals surface area (Å²) >= 11 is 0. The van der Waals surface area contributed by atoms with Crippen LogP contribution in [0.2, 0.25) is 0 Å². The van der Waals surface area contributed by atoms with Crippen molar-refractivity contribution < 1.29 is 18.5 Å². The van der Waals surface area contributed by atoms with Crippen molar-refractivity contribution in [3.8, 4) is 0 Å². The average Bonchev–Trinajstić information content (AvgIpc) is 2.62. The van der Waals surface area contributed by atoms with E-state index in [2.05, 4.69) is 36.1 Å². The van der Waals surface area contributed by atoms with Crippen LogP contribution in [0, 0.1) is 13.8 Å². The smallest absolute Gasteiger partial charge is 0.262 e. The Hall–Kier alpha value is -2.38. The van der Waals surface area contributed by atoms with Crippen molar-refractivity contribution in [3.05, 3.63) is 59.2 Å². The molecule has 0 aliphatic carbocycles. The first-order chi connectivity index (χ1) is 13.5. The number of hydrogen-bond acceptors (Lipinski definition) is 3. The molecule has 0 spiro atoms. The van der Waals surface area contributed by atoms with Crippen molar-refractivity contribution in [2.75, 3.05) is 17.8 Å². The minimum absolute atomic E-state index is 0.162. The zero-order chi connectivity index (χ0) is 21.7. The molecule has 0 saturated carbocycles. The number of benzene rings is 2. The Balaban J connectivity index is 1.94. The SMILES string of the molecule is Cc1ccc(C)c(S(=O)(=O)Nc2ccc(C(=O)NCCC[NH2+]C(C)(C)C)cc2)c1. The van der Waals surface area contributed by atoms with Gasteiger partial charge in [0.05, 0.1) is 17.0 Å². The fourth-order valence-electron chi connectivity index (χ4n) is 2.84. The Bertz CT molecular complexity index is 946. The van der Waals surface area contributed by atoms with E-state index in [1.165, 1.54) is 0 Å². The number of sulfonamides is 1. The van der Waals surface area contributed by atoms with Crippen molar-refractivity contribution in [2.45, 2.75) is 51.5 Å². The lowest BCUT2D eigenvalue weighted by atomic mass is 10.1. The molecular weight excluding hydrogens is 386 g/mol. The van der Waals surface area contributed by atoms with E-state index in [9.17, 15) is 13.2 Å². The molecule has 158 valence electrons. The van der Waals surface area contributed by atoms with Crippen LogP contribution in [-0.4, -0.2) is 33.0 Å². The van der Waals surface area contributed by atoms with Gasteiger partial charge in [-0.2, -0.15) is 0 Å². The summed E-state index contributed by atoms with van der Waals surface area (Å²) in [6.45, 7) is 11.6. The first-order valence-electron chi connectivity index (χ1n) is 9.81. The van der Waals surface area contributed by atoms with Crippen LogP contribution in [0.15, 0.2) is 47.4 Å². The molecule has 0 aromatic heterocycles. The lowest BCUT2D eigenvalue weighted by Crippen LogP contribution is -2.94. The van der Waals surface area contributed by atoms with Crippen molar-refractivity contribution >= 4 is 21.6 Å². The molecule has 2 rings (SSSR count). The number of rotatable bonds is 8. The number of aryl methyl sites for hydroxylation is 2. The predicted molar refractivity (Wildman–Crippen MR) is 117 cm³/mol. The van der Waals surface area contributed by atoms with Gasteiger partial charge in [0.25, 0.3) is 15.9 Å². The van der Waals surface area contributed by atoms with Crippen molar-refractivity contribution in [1.82, 2.24) is 5.32 Å². The van der Waals surface area contributed by atoms with Crippen LogP contribution in [0.4, 0.5) is 5.69 Å². The lowest BCUT2D eigenvalue weighted by Gasteiger charge is -2.16. The zero-order valence-corrected chi connectivity index (χ0v) is 18.7. The first kappa shape index (κ1) is 22.9. The van der Waals surface area contributed by atoms with Gasteiger partial charge in [0, 0.05) is 24.2 Å². The predicted octanol–water partition coefficient (Wildman–Crippen LogP) is 2.59. The van der Waals surface area contributed by atoms with E-state index < -0.39 is 10.0 Å². The maximum Gasteiger partial charge on any atom is 0.262 e. The standard InChI is InChI=1S/C22H31N3O3S/c1-16-7-8-17(2)20(15-16)29(27,28)25-19-11-9-18(10-12-19)21(26)23-13-6-14-24-22(3,4)5/h7-12,15,24-25H,6,13-14H2,1-5H3,(H,23,26)/p+1. The number of nitrogens with one attached hydrogen (secondary N) is 2. The molecule has 0 aliphatic rings. The van der Waals surface area contributed by atoms with E-state index >= 15 is 0 Å². The third-order valence-corrected chi connectivity index (χ3v) is 5.98. The summed E-state index contributed by atoms with van der Waals surface area (Å²) in [6, 6.07) is 11.8. The summed E-state index contributed by atoms with van der Waals surface area (Å²) in [6.07, 6.45) is 0.886. The molecule has 0 fully saturated rings. The normalized spacial score (nSPS) is 11.9. The third kappa shape index (κ3) is 7.18. The second-order valence-corrected chi connectivity index (χ2v) is 10.1. The van der Waals surface area contributed by atoms with Crippen LogP contribution < -0.4 is 15.4 Å². The Morgan fingerprint density at radius 3 is 2.31 bits per heavy atom. The van der Waals surface area contributed by atoms with E-state index in [-0.39, 0.29) is 16.3 Å². The maximum absolute atomic E-state index is 12.7. The molecule has 0 unspecified atom stereocenters. The van der Waals surface area contributed by atoms with Gasteiger partial charge in [-0.1, -0.05) is 12.1 Å². The molecule has 0 aliphatic heterocycles. The third-order valence-electron chi connectivity index (χ3n) is 4.46. The van der Waals surface area contributed by atoms with Crippen LogP contribution in [0.25, 0.3) is 0 Å². The van der Waals surface area contributed by atoms with Gasteiger partial charge in [0.2, 0.25) is 0 Å². The van der Waals surface area contributed by atoms with Gasteiger partial charge in [0.1, 0.15) is 0 Å². The number of carbonyl (C=O) groups is 1. The number of amides is 1. The second-order valence-electron chi connectivity index (χ2n) is 8.42. The van der Waals surface area contributed by atoms with Crippen molar-refractivity contribution in [2.24, 2.45) is 0 Å². The highest BCUT2D eigenvalue weighted by atomic mass is 32.2. The Labute approximate surface area is 174 Å². The van der Waals surface area contributed by atoms with Crippen molar-refractivity contribution in [1.29, 1.82) is 0 Å². The molecular formula is C22H32N3O3S+. The van der Waals surface area contributed by atoms with E-state index in [0.29, 0.717) is 23.4 Å². The highest BCUT2D eigenvalue weighted by molar-refractivity contribution is 7.92. The molecule has 4 N–H and O–H groups in total. The van der Waals surface area contributed by atoms with Gasteiger partial charge in [-0.15, -0.1) is 0 Å². The molecule has 0 atom stereocenters. The van der Waals surface area contributed by atoms with Crippen molar-refractivity contribution in [3.63, 3.8) is 0 Å². The summed E-state index contributed by atoms with van der Waals surface area (Å²) in [5.74, 6) is -0.162. The minimum atomic E-state index is -3.69. The lowest BCUT2D eigenvalue weighted by molar-refractivity contribution is -0.717. The van der Waals surface area contributed by atoms with Gasteiger partial charge in [-0.25, -0.2) is 8.42 Å². The van der Waals surface area contributed by atoms with Gasteiger partial charge < -0.3 is 10.6 Å². The molecule has 29 heavy (non-hydrogen) atoms. The minimum Gasteiger partial charge on any atom is -0.352 e. The molecule has 0 heterocycles. The number of nitrogens with two attached hydrogens (primary N) is 1. The molecule has 0 bridgehead atoms. The monoisotopic (exact) mass is 418 g/mol. The average molecular weight is 419 g/mol. The van der Waals surface area contributed by atoms with Gasteiger partial charge in [-0.05, 0) is 76.1 Å². The zero-order valence-electron chi connectivity index (χ0n) is 17.9. The fourth-order valence-corrected chi connectivity index (χ4v) is 4.23. The Kier molecular flexibility index (Phi) is 7.43. The van der Waals surface area contributed by atoms with E-state index in [1.807, 2.05) is 13.0 Å². The second kappa shape index (κ2) is 9.41. The summed E-state index contributed by atoms with van der Waals surface area (Å²) in [7, 11) is -3.69. The first-order valence-corrected chi connectivity index (χ1v) is 11.3. The maximum atomic E-state index is 12.7. The fraction of sp³-hybridized carbons (Fsp3) is 0.409. The van der Waals surface area contributed by atoms with Crippen LogP contribution in [0.3, 0.4) is 0 Å².